The molecule has 0 saturated carbocycles. The first-order valence-corrected chi connectivity index (χ1v) is 8.45. The molecular weight excluding hydrogens is 298 g/mol. The summed E-state index contributed by atoms with van der Waals surface area (Å²) >= 11 is 5.77. The molecule has 1 aromatic rings. The third-order valence-corrected chi connectivity index (χ3v) is 5.96. The molecule has 0 bridgehead atoms. The van der Waals surface area contributed by atoms with Crippen LogP contribution < -0.4 is 0 Å². The normalized spacial score (nSPS) is 22.7. The lowest BCUT2D eigenvalue weighted by Crippen LogP contribution is -2.38. The number of ketones is 1. The number of hydrogen-bond donors (Lipinski definition) is 0. The van der Waals surface area contributed by atoms with Crippen LogP contribution in [0.3, 0.4) is 0 Å². The van der Waals surface area contributed by atoms with E-state index in [4.69, 9.17) is 11.6 Å². The summed E-state index contributed by atoms with van der Waals surface area (Å²) in [4.78, 5) is 12.4. The van der Waals surface area contributed by atoms with Crippen molar-refractivity contribution >= 4 is 27.2 Å². The van der Waals surface area contributed by atoms with E-state index in [-0.39, 0.29) is 5.75 Å². The lowest BCUT2D eigenvalue weighted by molar-refractivity contribution is -0.119. The van der Waals surface area contributed by atoms with Gasteiger partial charge < -0.3 is 0 Å². The Morgan fingerprint density at radius 1 is 1.30 bits per heavy atom. The van der Waals surface area contributed by atoms with E-state index in [1.54, 1.807) is 24.3 Å². The Bertz CT molecular complexity index is 646. The van der Waals surface area contributed by atoms with Gasteiger partial charge >= 0.3 is 0 Å². The van der Waals surface area contributed by atoms with Gasteiger partial charge in [-0.15, -0.1) is 0 Å². The third kappa shape index (κ3) is 3.02. The first-order valence-electron chi connectivity index (χ1n) is 6.36. The zero-order valence-corrected chi connectivity index (χ0v) is 12.3. The second kappa shape index (κ2) is 5.94. The van der Waals surface area contributed by atoms with E-state index in [0.717, 1.165) is 0 Å². The first kappa shape index (κ1) is 15.0. The number of nitrogens with zero attached hydrogens (tertiary/aromatic N) is 1. The Morgan fingerprint density at radius 2 is 1.95 bits per heavy atom. The first-order chi connectivity index (χ1) is 9.45. The van der Waals surface area contributed by atoms with E-state index in [1.807, 2.05) is 6.07 Å². The molecule has 0 spiro atoms. The van der Waals surface area contributed by atoms with Crippen LogP contribution in [0, 0.1) is 11.3 Å². The minimum atomic E-state index is -3.42. The molecule has 1 aliphatic rings. The second-order valence-corrected chi connectivity index (χ2v) is 7.61. The maximum absolute atomic E-state index is 12.4. The van der Waals surface area contributed by atoms with Crippen LogP contribution >= 0.6 is 11.6 Å². The summed E-state index contributed by atoms with van der Waals surface area (Å²) in [5.41, 5.74) is 0.489. The Kier molecular flexibility index (Phi) is 4.46. The highest BCUT2D eigenvalue weighted by atomic mass is 35.5. The summed E-state index contributed by atoms with van der Waals surface area (Å²) < 4.78 is 24.0. The van der Waals surface area contributed by atoms with Crippen LogP contribution in [0.5, 0.6) is 0 Å². The highest BCUT2D eigenvalue weighted by Crippen LogP contribution is 2.27. The third-order valence-electron chi connectivity index (χ3n) is 3.51. The standard InChI is InChI=1S/C14H14ClNO3S/c15-11-6-4-10(5-7-11)12(9-16)14(17)13-3-1-2-8-20(13,18)19/h4-7,12-13H,1-3,8H2. The van der Waals surface area contributed by atoms with Gasteiger partial charge in [0.2, 0.25) is 0 Å². The summed E-state index contributed by atoms with van der Waals surface area (Å²) in [5.74, 6) is -1.54. The number of nitriles is 1. The van der Waals surface area contributed by atoms with Gasteiger partial charge in [0, 0.05) is 5.02 Å². The molecule has 2 rings (SSSR count). The van der Waals surface area contributed by atoms with Crippen LogP contribution in [0.1, 0.15) is 30.7 Å². The molecule has 0 N–H and O–H groups in total. The van der Waals surface area contributed by atoms with Crippen molar-refractivity contribution < 1.29 is 13.2 Å². The minimum Gasteiger partial charge on any atom is -0.296 e. The van der Waals surface area contributed by atoms with Crippen molar-refractivity contribution in [1.82, 2.24) is 0 Å². The lowest BCUT2D eigenvalue weighted by atomic mass is 9.92. The molecule has 1 saturated heterocycles. The number of rotatable bonds is 3. The predicted molar refractivity (Wildman–Crippen MR) is 76.2 cm³/mol. The zero-order chi connectivity index (χ0) is 14.8. The fourth-order valence-electron chi connectivity index (χ4n) is 2.42. The van der Waals surface area contributed by atoms with Crippen molar-refractivity contribution in [3.63, 3.8) is 0 Å². The molecule has 6 heteroatoms. The number of sulfone groups is 1. The number of halogens is 1. The van der Waals surface area contributed by atoms with Gasteiger partial charge in [0.1, 0.15) is 11.2 Å². The van der Waals surface area contributed by atoms with Gasteiger partial charge in [-0.25, -0.2) is 8.42 Å². The molecule has 0 amide bonds. The Labute approximate surface area is 123 Å². The van der Waals surface area contributed by atoms with Crippen LogP contribution in [0.2, 0.25) is 5.02 Å². The smallest absolute Gasteiger partial charge is 0.172 e. The van der Waals surface area contributed by atoms with Gasteiger partial charge in [0.05, 0.1) is 11.8 Å². The van der Waals surface area contributed by atoms with Gasteiger partial charge in [-0.3, -0.25) is 4.79 Å². The van der Waals surface area contributed by atoms with Gasteiger partial charge in [0.15, 0.2) is 15.6 Å². The molecule has 0 aliphatic carbocycles. The maximum Gasteiger partial charge on any atom is 0.172 e. The Morgan fingerprint density at radius 3 is 2.50 bits per heavy atom. The molecule has 2 unspecified atom stereocenters. The molecule has 4 nitrogen and oxygen atoms in total. The van der Waals surface area contributed by atoms with E-state index < -0.39 is 26.8 Å². The van der Waals surface area contributed by atoms with Crippen LogP contribution in [-0.4, -0.2) is 25.2 Å². The molecule has 1 aliphatic heterocycles. The summed E-state index contributed by atoms with van der Waals surface area (Å²) in [6.07, 6.45) is 1.60. The Balaban J connectivity index is 2.30. The van der Waals surface area contributed by atoms with E-state index in [1.165, 1.54) is 0 Å². The van der Waals surface area contributed by atoms with Crippen molar-refractivity contribution in [1.29, 1.82) is 5.26 Å². The molecule has 1 fully saturated rings. The van der Waals surface area contributed by atoms with E-state index in [9.17, 15) is 18.5 Å². The zero-order valence-electron chi connectivity index (χ0n) is 10.8. The molecule has 2 atom stereocenters. The number of benzene rings is 1. The SMILES string of the molecule is N#CC(C(=O)C1CCCCS1(=O)=O)c1ccc(Cl)cc1. The van der Waals surface area contributed by atoms with Crippen LogP contribution in [-0.2, 0) is 14.6 Å². The summed E-state index contributed by atoms with van der Waals surface area (Å²) in [7, 11) is -3.42. The molecule has 1 heterocycles. The minimum absolute atomic E-state index is 0.0299. The molecule has 1 aromatic carbocycles. The number of carbonyl (C=O) groups excluding carboxylic acids is 1. The number of hydrogen-bond acceptors (Lipinski definition) is 4. The average molecular weight is 312 g/mol. The highest BCUT2D eigenvalue weighted by molar-refractivity contribution is 7.92. The molecule has 106 valence electrons. The van der Waals surface area contributed by atoms with E-state index in [0.29, 0.717) is 29.8 Å². The fourth-order valence-corrected chi connectivity index (χ4v) is 4.45. The monoisotopic (exact) mass is 311 g/mol. The summed E-state index contributed by atoms with van der Waals surface area (Å²) in [6.45, 7) is 0. The van der Waals surface area contributed by atoms with Crippen LogP contribution in [0.25, 0.3) is 0 Å². The van der Waals surface area contributed by atoms with Crippen LogP contribution in [0.15, 0.2) is 24.3 Å². The number of carbonyl (C=O) groups is 1. The molecule has 0 aromatic heterocycles. The highest BCUT2D eigenvalue weighted by Gasteiger charge is 2.38. The maximum atomic E-state index is 12.4. The quantitative estimate of drug-likeness (QED) is 0.859. The van der Waals surface area contributed by atoms with Crippen LogP contribution in [0.4, 0.5) is 0 Å². The van der Waals surface area contributed by atoms with E-state index >= 15 is 0 Å². The van der Waals surface area contributed by atoms with Gasteiger partial charge in [0.25, 0.3) is 0 Å². The van der Waals surface area contributed by atoms with Crippen molar-refractivity contribution in [2.75, 3.05) is 5.75 Å². The van der Waals surface area contributed by atoms with Crippen molar-refractivity contribution in [2.24, 2.45) is 0 Å². The van der Waals surface area contributed by atoms with Gasteiger partial charge in [-0.05, 0) is 30.5 Å². The van der Waals surface area contributed by atoms with Gasteiger partial charge in [-0.2, -0.15) is 5.26 Å². The molecule has 0 radical (unpaired) electrons. The second-order valence-electron chi connectivity index (χ2n) is 4.87. The summed E-state index contributed by atoms with van der Waals surface area (Å²) in [5, 5.41) is 8.68. The lowest BCUT2D eigenvalue weighted by Gasteiger charge is -2.23. The number of Topliss-reactive ketones (excluding diaryl/α,β-unsaturated/α-hetero) is 1. The topological polar surface area (TPSA) is 75.0 Å². The van der Waals surface area contributed by atoms with Crippen molar-refractivity contribution in [3.8, 4) is 6.07 Å². The van der Waals surface area contributed by atoms with Crippen molar-refractivity contribution in [2.45, 2.75) is 30.4 Å². The average Bonchev–Trinajstić information content (AvgIpc) is 2.41. The van der Waals surface area contributed by atoms with Crippen molar-refractivity contribution in [3.05, 3.63) is 34.9 Å². The largest absolute Gasteiger partial charge is 0.296 e. The fraction of sp³-hybridized carbons (Fsp3) is 0.429. The molecule has 20 heavy (non-hydrogen) atoms. The molecular formula is C14H14ClNO3S. The Hall–Kier alpha value is -1.38. The predicted octanol–water partition coefficient (Wildman–Crippen LogP) is 2.48. The summed E-state index contributed by atoms with van der Waals surface area (Å²) in [6, 6.07) is 8.26. The van der Waals surface area contributed by atoms with Gasteiger partial charge in [-0.1, -0.05) is 30.2 Å². The van der Waals surface area contributed by atoms with E-state index in [2.05, 4.69) is 0 Å².